The summed E-state index contributed by atoms with van der Waals surface area (Å²) in [5.41, 5.74) is 1.37. The van der Waals surface area contributed by atoms with Crippen LogP contribution in [0.3, 0.4) is 0 Å². The Balaban J connectivity index is 2.04. The molecule has 20 heavy (non-hydrogen) atoms. The number of piperidine rings is 1. The predicted octanol–water partition coefficient (Wildman–Crippen LogP) is 4.08. The van der Waals surface area contributed by atoms with E-state index in [-0.39, 0.29) is 0 Å². The Kier molecular flexibility index (Phi) is 5.41. The van der Waals surface area contributed by atoms with Gasteiger partial charge in [-0.1, -0.05) is 26.3 Å². The number of likely N-dealkylation sites (tertiary alicyclic amines) is 1. The molecule has 1 atom stereocenters. The van der Waals surface area contributed by atoms with Crippen LogP contribution in [0.4, 0.5) is 5.82 Å². The Bertz CT molecular complexity index is 397. The van der Waals surface area contributed by atoms with Crippen LogP contribution in [0.1, 0.15) is 58.6 Å². The van der Waals surface area contributed by atoms with Crippen molar-refractivity contribution >= 4 is 5.82 Å². The number of anilines is 1. The first-order valence-electron chi connectivity index (χ1n) is 8.03. The van der Waals surface area contributed by atoms with Crippen LogP contribution in [0.25, 0.3) is 0 Å². The highest BCUT2D eigenvalue weighted by Gasteiger charge is 2.25. The molecule has 2 heterocycles. The van der Waals surface area contributed by atoms with Gasteiger partial charge in [0.1, 0.15) is 5.82 Å². The van der Waals surface area contributed by atoms with Crippen molar-refractivity contribution < 1.29 is 0 Å². The van der Waals surface area contributed by atoms with Gasteiger partial charge in [0.2, 0.25) is 0 Å². The Labute approximate surface area is 123 Å². The van der Waals surface area contributed by atoms with E-state index < -0.39 is 0 Å². The van der Waals surface area contributed by atoms with E-state index in [1.807, 2.05) is 0 Å². The standard InChI is InChI=1S/C17H29N3/c1-13(2)11-18-17-9-8-15(12-19-17)16-7-5-6-10-20(16)14(3)4/h8-9,12-14,16H,5-7,10-11H2,1-4H3,(H,18,19)/t16-/m0/s1. The van der Waals surface area contributed by atoms with E-state index in [4.69, 9.17) is 0 Å². The van der Waals surface area contributed by atoms with Crippen molar-refractivity contribution in [3.05, 3.63) is 23.9 Å². The Morgan fingerprint density at radius 3 is 2.65 bits per heavy atom. The predicted molar refractivity (Wildman–Crippen MR) is 86.0 cm³/mol. The summed E-state index contributed by atoms with van der Waals surface area (Å²) in [6, 6.07) is 5.54. The van der Waals surface area contributed by atoms with Gasteiger partial charge in [-0.3, -0.25) is 4.90 Å². The minimum atomic E-state index is 0.551. The molecular weight excluding hydrogens is 246 g/mol. The number of nitrogens with zero attached hydrogens (tertiary/aromatic N) is 2. The first-order chi connectivity index (χ1) is 9.58. The highest BCUT2D eigenvalue weighted by molar-refractivity contribution is 5.36. The third-order valence-corrected chi connectivity index (χ3v) is 4.07. The molecule has 2 rings (SSSR count). The number of pyridine rings is 1. The summed E-state index contributed by atoms with van der Waals surface area (Å²) >= 11 is 0. The third-order valence-electron chi connectivity index (χ3n) is 4.07. The SMILES string of the molecule is CC(C)CNc1ccc([C@@H]2CCCCN2C(C)C)cn1. The smallest absolute Gasteiger partial charge is 0.125 e. The van der Waals surface area contributed by atoms with Gasteiger partial charge in [0.25, 0.3) is 0 Å². The van der Waals surface area contributed by atoms with Crippen molar-refractivity contribution in [1.29, 1.82) is 0 Å². The third kappa shape index (κ3) is 3.95. The van der Waals surface area contributed by atoms with Gasteiger partial charge in [-0.2, -0.15) is 0 Å². The lowest BCUT2D eigenvalue weighted by Gasteiger charge is -2.38. The normalized spacial score (nSPS) is 20.6. The van der Waals surface area contributed by atoms with Crippen molar-refractivity contribution in [2.45, 2.75) is 59.0 Å². The Morgan fingerprint density at radius 1 is 1.25 bits per heavy atom. The first kappa shape index (κ1) is 15.3. The zero-order valence-electron chi connectivity index (χ0n) is 13.4. The summed E-state index contributed by atoms with van der Waals surface area (Å²) in [6.07, 6.45) is 5.99. The zero-order chi connectivity index (χ0) is 14.5. The lowest BCUT2D eigenvalue weighted by molar-refractivity contribution is 0.112. The fourth-order valence-electron chi connectivity index (χ4n) is 2.95. The molecule has 0 spiro atoms. The zero-order valence-corrected chi connectivity index (χ0v) is 13.4. The molecule has 1 N–H and O–H groups in total. The molecule has 0 radical (unpaired) electrons. The van der Waals surface area contributed by atoms with Crippen LogP contribution in [-0.4, -0.2) is 29.0 Å². The second kappa shape index (κ2) is 7.07. The van der Waals surface area contributed by atoms with Gasteiger partial charge in [0.15, 0.2) is 0 Å². The van der Waals surface area contributed by atoms with E-state index in [2.05, 4.69) is 61.2 Å². The van der Waals surface area contributed by atoms with E-state index >= 15 is 0 Å². The first-order valence-corrected chi connectivity index (χ1v) is 8.03. The number of aromatic nitrogens is 1. The minimum absolute atomic E-state index is 0.551. The number of hydrogen-bond donors (Lipinski definition) is 1. The molecule has 0 bridgehead atoms. The maximum Gasteiger partial charge on any atom is 0.125 e. The fraction of sp³-hybridized carbons (Fsp3) is 0.706. The van der Waals surface area contributed by atoms with Crippen LogP contribution >= 0.6 is 0 Å². The summed E-state index contributed by atoms with van der Waals surface area (Å²) in [6.45, 7) is 11.2. The van der Waals surface area contributed by atoms with Crippen LogP contribution < -0.4 is 5.32 Å². The summed E-state index contributed by atoms with van der Waals surface area (Å²) in [5.74, 6) is 1.64. The molecule has 112 valence electrons. The lowest BCUT2D eigenvalue weighted by Crippen LogP contribution is -2.38. The summed E-state index contributed by atoms with van der Waals surface area (Å²) in [7, 11) is 0. The summed E-state index contributed by atoms with van der Waals surface area (Å²) in [5, 5.41) is 3.38. The van der Waals surface area contributed by atoms with Gasteiger partial charge in [0.05, 0.1) is 0 Å². The van der Waals surface area contributed by atoms with Crippen molar-refractivity contribution in [3.63, 3.8) is 0 Å². The van der Waals surface area contributed by atoms with E-state index in [9.17, 15) is 0 Å². The van der Waals surface area contributed by atoms with Crippen LogP contribution in [0.5, 0.6) is 0 Å². The van der Waals surface area contributed by atoms with Gasteiger partial charge in [-0.05, 0) is 50.8 Å². The number of hydrogen-bond acceptors (Lipinski definition) is 3. The highest BCUT2D eigenvalue weighted by atomic mass is 15.2. The monoisotopic (exact) mass is 275 g/mol. The van der Waals surface area contributed by atoms with E-state index in [1.165, 1.54) is 31.4 Å². The molecule has 0 saturated carbocycles. The van der Waals surface area contributed by atoms with Crippen molar-refractivity contribution in [2.24, 2.45) is 5.92 Å². The largest absolute Gasteiger partial charge is 0.370 e. The van der Waals surface area contributed by atoms with Gasteiger partial charge >= 0.3 is 0 Å². The quantitative estimate of drug-likeness (QED) is 0.877. The molecule has 0 aliphatic carbocycles. The van der Waals surface area contributed by atoms with E-state index in [0.29, 0.717) is 18.0 Å². The average molecular weight is 275 g/mol. The molecule has 3 nitrogen and oxygen atoms in total. The molecule has 0 aromatic carbocycles. The molecule has 0 amide bonds. The van der Waals surface area contributed by atoms with Crippen LogP contribution in [-0.2, 0) is 0 Å². The maximum atomic E-state index is 4.58. The number of rotatable bonds is 5. The molecule has 1 saturated heterocycles. The van der Waals surface area contributed by atoms with Crippen LogP contribution in [0.2, 0.25) is 0 Å². The van der Waals surface area contributed by atoms with Crippen LogP contribution in [0.15, 0.2) is 18.3 Å². The molecule has 0 unspecified atom stereocenters. The van der Waals surface area contributed by atoms with Crippen molar-refractivity contribution in [3.8, 4) is 0 Å². The molecule has 1 aliphatic heterocycles. The van der Waals surface area contributed by atoms with E-state index in [0.717, 1.165) is 12.4 Å². The topological polar surface area (TPSA) is 28.2 Å². The molecule has 1 aromatic heterocycles. The molecule has 1 aromatic rings. The molecule has 3 heteroatoms. The molecule has 1 aliphatic rings. The molecule has 1 fully saturated rings. The number of nitrogens with one attached hydrogen (secondary N) is 1. The van der Waals surface area contributed by atoms with Crippen LogP contribution in [0, 0.1) is 5.92 Å². The maximum absolute atomic E-state index is 4.58. The lowest BCUT2D eigenvalue weighted by atomic mass is 9.95. The van der Waals surface area contributed by atoms with Gasteiger partial charge in [0, 0.05) is 24.8 Å². The van der Waals surface area contributed by atoms with Crippen molar-refractivity contribution in [2.75, 3.05) is 18.4 Å². The van der Waals surface area contributed by atoms with Gasteiger partial charge in [-0.25, -0.2) is 4.98 Å². The van der Waals surface area contributed by atoms with Crippen molar-refractivity contribution in [1.82, 2.24) is 9.88 Å². The minimum Gasteiger partial charge on any atom is -0.370 e. The van der Waals surface area contributed by atoms with Gasteiger partial charge < -0.3 is 5.32 Å². The average Bonchev–Trinajstić information content (AvgIpc) is 2.45. The molecular formula is C17H29N3. The Hall–Kier alpha value is -1.09. The highest BCUT2D eigenvalue weighted by Crippen LogP contribution is 2.32. The summed E-state index contributed by atoms with van der Waals surface area (Å²) < 4.78 is 0. The van der Waals surface area contributed by atoms with Gasteiger partial charge in [-0.15, -0.1) is 0 Å². The second-order valence-electron chi connectivity index (χ2n) is 6.59. The van der Waals surface area contributed by atoms with E-state index in [1.54, 1.807) is 0 Å². The summed E-state index contributed by atoms with van der Waals surface area (Å²) in [4.78, 5) is 7.19. The second-order valence-corrected chi connectivity index (χ2v) is 6.59. The Morgan fingerprint density at radius 2 is 2.05 bits per heavy atom. The fourth-order valence-corrected chi connectivity index (χ4v) is 2.95.